The van der Waals surface area contributed by atoms with Crippen LogP contribution >= 0.6 is 0 Å². The average molecular weight is 390 g/mol. The lowest BCUT2D eigenvalue weighted by Crippen LogP contribution is -2.28. The first kappa shape index (κ1) is 18.0. The Morgan fingerprint density at radius 2 is 1.46 bits per heavy atom. The second-order valence-corrected chi connectivity index (χ2v) is 8.16. The second-order valence-electron chi connectivity index (χ2n) is 6.47. The molecule has 1 aromatic heterocycles. The van der Waals surface area contributed by atoms with Gasteiger partial charge in [0, 0.05) is 23.4 Å². The van der Waals surface area contributed by atoms with Crippen LogP contribution < -0.4 is 4.72 Å². The molecule has 0 bridgehead atoms. The molecule has 0 radical (unpaired) electrons. The van der Waals surface area contributed by atoms with Gasteiger partial charge in [0.1, 0.15) is 0 Å². The highest BCUT2D eigenvalue weighted by Crippen LogP contribution is 2.38. The van der Waals surface area contributed by atoms with E-state index in [1.165, 1.54) is 19.1 Å². The van der Waals surface area contributed by atoms with Gasteiger partial charge in [-0.25, -0.2) is 13.1 Å². The first-order chi connectivity index (χ1) is 13.5. The van der Waals surface area contributed by atoms with Gasteiger partial charge in [-0.05, 0) is 29.3 Å². The molecular formula is C22H18N2O3S. The minimum absolute atomic E-state index is 0.0452. The summed E-state index contributed by atoms with van der Waals surface area (Å²) in [5.74, 6) is -0.619. The van der Waals surface area contributed by atoms with Gasteiger partial charge in [-0.15, -0.1) is 0 Å². The Morgan fingerprint density at radius 3 is 2.14 bits per heavy atom. The molecule has 0 fully saturated rings. The molecule has 3 aromatic carbocycles. The highest BCUT2D eigenvalue weighted by atomic mass is 32.2. The maximum absolute atomic E-state index is 12.2. The predicted octanol–water partition coefficient (Wildman–Crippen LogP) is 4.33. The van der Waals surface area contributed by atoms with Crippen LogP contribution in [0.25, 0.3) is 33.3 Å². The number of sulfonamides is 1. The van der Waals surface area contributed by atoms with E-state index < -0.39 is 15.9 Å². The van der Waals surface area contributed by atoms with Crippen molar-refractivity contribution in [3.05, 3.63) is 78.9 Å². The van der Waals surface area contributed by atoms with E-state index in [4.69, 9.17) is 0 Å². The summed E-state index contributed by atoms with van der Waals surface area (Å²) in [6.45, 7) is 1.17. The van der Waals surface area contributed by atoms with Crippen LogP contribution in [0.2, 0.25) is 0 Å². The monoisotopic (exact) mass is 390 g/mol. The molecule has 4 aromatic rings. The SMILES string of the molecule is CC(=O)NS(=O)(=O)c1ccc(-c2[nH]c3ccccc3c2-c2ccccc2)cc1. The fourth-order valence-corrected chi connectivity index (χ4v) is 4.30. The molecule has 1 amide bonds. The van der Waals surface area contributed by atoms with Crippen LogP contribution in [0.4, 0.5) is 0 Å². The Bertz CT molecular complexity index is 1260. The molecule has 6 heteroatoms. The Hall–Kier alpha value is -3.38. The van der Waals surface area contributed by atoms with Crippen molar-refractivity contribution in [2.45, 2.75) is 11.8 Å². The van der Waals surface area contributed by atoms with Crippen molar-refractivity contribution in [2.75, 3.05) is 0 Å². The van der Waals surface area contributed by atoms with Gasteiger partial charge >= 0.3 is 0 Å². The smallest absolute Gasteiger partial charge is 0.264 e. The van der Waals surface area contributed by atoms with Gasteiger partial charge < -0.3 is 4.98 Å². The van der Waals surface area contributed by atoms with Crippen molar-refractivity contribution < 1.29 is 13.2 Å². The van der Waals surface area contributed by atoms with E-state index in [0.717, 1.165) is 33.3 Å². The minimum atomic E-state index is -3.86. The number of benzene rings is 3. The van der Waals surface area contributed by atoms with Crippen molar-refractivity contribution in [2.24, 2.45) is 0 Å². The number of para-hydroxylation sites is 1. The quantitative estimate of drug-likeness (QED) is 0.544. The molecule has 28 heavy (non-hydrogen) atoms. The Labute approximate surface area is 163 Å². The second kappa shape index (κ2) is 6.98. The van der Waals surface area contributed by atoms with E-state index in [1.807, 2.05) is 41.1 Å². The van der Waals surface area contributed by atoms with Crippen molar-refractivity contribution in [1.82, 2.24) is 9.71 Å². The average Bonchev–Trinajstić information content (AvgIpc) is 3.07. The number of fused-ring (bicyclic) bond motifs is 1. The summed E-state index contributed by atoms with van der Waals surface area (Å²) in [4.78, 5) is 14.6. The van der Waals surface area contributed by atoms with E-state index in [1.54, 1.807) is 12.1 Å². The molecule has 0 unspecified atom stereocenters. The highest BCUT2D eigenvalue weighted by Gasteiger charge is 2.18. The molecule has 1 heterocycles. The van der Waals surface area contributed by atoms with Crippen molar-refractivity contribution in [3.63, 3.8) is 0 Å². The first-order valence-electron chi connectivity index (χ1n) is 8.76. The van der Waals surface area contributed by atoms with Gasteiger partial charge in [-0.2, -0.15) is 0 Å². The van der Waals surface area contributed by atoms with E-state index >= 15 is 0 Å². The lowest BCUT2D eigenvalue weighted by Gasteiger charge is -2.08. The molecular weight excluding hydrogens is 372 g/mol. The number of nitrogens with one attached hydrogen (secondary N) is 2. The molecule has 0 atom stereocenters. The fraction of sp³-hybridized carbons (Fsp3) is 0.0455. The summed E-state index contributed by atoms with van der Waals surface area (Å²) in [7, 11) is -3.86. The van der Waals surface area contributed by atoms with Crippen molar-refractivity contribution in [3.8, 4) is 22.4 Å². The number of carbonyl (C=O) groups excluding carboxylic acids is 1. The van der Waals surface area contributed by atoms with E-state index in [9.17, 15) is 13.2 Å². The summed E-state index contributed by atoms with van der Waals surface area (Å²) in [6, 6.07) is 24.6. The number of H-pyrrole nitrogens is 1. The molecule has 0 aliphatic rings. The van der Waals surface area contributed by atoms with Gasteiger partial charge in [0.2, 0.25) is 5.91 Å². The third-order valence-electron chi connectivity index (χ3n) is 4.50. The summed E-state index contributed by atoms with van der Waals surface area (Å²) < 4.78 is 26.3. The minimum Gasteiger partial charge on any atom is -0.354 e. The topological polar surface area (TPSA) is 79.0 Å². The molecule has 0 aliphatic heterocycles. The molecule has 2 N–H and O–H groups in total. The highest BCUT2D eigenvalue weighted by molar-refractivity contribution is 7.90. The summed E-state index contributed by atoms with van der Waals surface area (Å²) in [5, 5.41) is 1.10. The molecule has 4 rings (SSSR count). The largest absolute Gasteiger partial charge is 0.354 e. The van der Waals surface area contributed by atoms with Gasteiger partial charge in [0.15, 0.2) is 0 Å². The molecule has 0 aliphatic carbocycles. The number of hydrogen-bond donors (Lipinski definition) is 2. The first-order valence-corrected chi connectivity index (χ1v) is 10.2. The number of hydrogen-bond acceptors (Lipinski definition) is 3. The zero-order valence-electron chi connectivity index (χ0n) is 15.1. The van der Waals surface area contributed by atoms with Crippen molar-refractivity contribution in [1.29, 1.82) is 0 Å². The number of rotatable bonds is 4. The Balaban J connectivity index is 1.85. The summed E-state index contributed by atoms with van der Waals surface area (Å²) in [6.07, 6.45) is 0. The van der Waals surface area contributed by atoms with Crippen LogP contribution in [-0.4, -0.2) is 19.3 Å². The Morgan fingerprint density at radius 1 is 0.821 bits per heavy atom. The molecule has 0 saturated heterocycles. The van der Waals surface area contributed by atoms with Crippen LogP contribution in [0, 0.1) is 0 Å². The van der Waals surface area contributed by atoms with Gasteiger partial charge in [0.25, 0.3) is 10.0 Å². The van der Waals surface area contributed by atoms with E-state index in [2.05, 4.69) is 23.2 Å². The molecule has 5 nitrogen and oxygen atoms in total. The normalized spacial score (nSPS) is 11.5. The lowest BCUT2D eigenvalue weighted by molar-refractivity contribution is -0.117. The van der Waals surface area contributed by atoms with Gasteiger partial charge in [-0.1, -0.05) is 60.7 Å². The van der Waals surface area contributed by atoms with Crippen LogP contribution in [0.15, 0.2) is 83.8 Å². The number of amides is 1. The van der Waals surface area contributed by atoms with Gasteiger partial charge in [0.05, 0.1) is 10.6 Å². The van der Waals surface area contributed by atoms with Gasteiger partial charge in [-0.3, -0.25) is 4.79 Å². The zero-order valence-corrected chi connectivity index (χ0v) is 16.0. The third-order valence-corrected chi connectivity index (χ3v) is 5.95. The number of aromatic nitrogens is 1. The van der Waals surface area contributed by atoms with E-state index in [-0.39, 0.29) is 4.90 Å². The zero-order chi connectivity index (χ0) is 19.7. The van der Waals surface area contributed by atoms with Crippen LogP contribution in [0.5, 0.6) is 0 Å². The van der Waals surface area contributed by atoms with Crippen LogP contribution in [-0.2, 0) is 14.8 Å². The van der Waals surface area contributed by atoms with E-state index in [0.29, 0.717) is 0 Å². The molecule has 0 spiro atoms. The molecule has 140 valence electrons. The number of carbonyl (C=O) groups is 1. The summed E-state index contributed by atoms with van der Waals surface area (Å²) >= 11 is 0. The fourth-order valence-electron chi connectivity index (χ4n) is 3.31. The van der Waals surface area contributed by atoms with Crippen molar-refractivity contribution >= 4 is 26.8 Å². The Kier molecular flexibility index (Phi) is 4.49. The molecule has 0 saturated carbocycles. The maximum Gasteiger partial charge on any atom is 0.264 e. The maximum atomic E-state index is 12.2. The third kappa shape index (κ3) is 3.30. The number of aromatic amines is 1. The summed E-state index contributed by atoms with van der Waals surface area (Å²) in [5.41, 5.74) is 4.91. The predicted molar refractivity (Wildman–Crippen MR) is 110 cm³/mol. The van der Waals surface area contributed by atoms with Crippen LogP contribution in [0.3, 0.4) is 0 Å². The standard InChI is InChI=1S/C22H18N2O3S/c1-15(25)24-28(26,27)18-13-11-17(12-14-18)22-21(16-7-3-2-4-8-16)19-9-5-6-10-20(19)23-22/h2-14,23H,1H3,(H,24,25). The lowest BCUT2D eigenvalue weighted by atomic mass is 9.98. The van der Waals surface area contributed by atoms with Crippen LogP contribution in [0.1, 0.15) is 6.92 Å².